The number of alkyl halides is 3. The van der Waals surface area contributed by atoms with Gasteiger partial charge < -0.3 is 9.64 Å². The Labute approximate surface area is 177 Å². The average molecular weight is 471 g/mol. The molecule has 7 nitrogen and oxygen atoms in total. The van der Waals surface area contributed by atoms with E-state index in [1.807, 2.05) is 0 Å². The molecule has 0 aromatic heterocycles. The number of hydrogen-bond acceptors (Lipinski definition) is 5. The van der Waals surface area contributed by atoms with Crippen molar-refractivity contribution in [2.45, 2.75) is 30.8 Å². The van der Waals surface area contributed by atoms with E-state index in [1.54, 1.807) is 0 Å². The van der Waals surface area contributed by atoms with Crippen LogP contribution in [-0.2, 0) is 24.3 Å². The summed E-state index contributed by atoms with van der Waals surface area (Å²) in [4.78, 5) is 24.8. The quantitative estimate of drug-likeness (QED) is 0.572. The van der Waals surface area contributed by atoms with Gasteiger partial charge in [0, 0.05) is 18.1 Å². The topological polar surface area (TPSA) is 84.0 Å². The molecule has 1 heterocycles. The highest BCUT2D eigenvalue weighted by Crippen LogP contribution is 2.27. The number of halogens is 4. The van der Waals surface area contributed by atoms with Gasteiger partial charge in [-0.25, -0.2) is 8.42 Å². The summed E-state index contributed by atoms with van der Waals surface area (Å²) in [6, 6.07) is 5.45. The van der Waals surface area contributed by atoms with Gasteiger partial charge in [0.15, 0.2) is 0 Å². The SMILES string of the molecule is CCOC(=O)CN(CC(F)(F)F)C(=O)C1CCCN(S(=O)(=O)c2ccc(Cl)cc2)C1. The first-order valence-corrected chi connectivity index (χ1v) is 11.0. The third-order valence-corrected chi connectivity index (χ3v) is 6.62. The van der Waals surface area contributed by atoms with E-state index in [0.717, 1.165) is 4.31 Å². The van der Waals surface area contributed by atoms with E-state index in [1.165, 1.54) is 31.2 Å². The van der Waals surface area contributed by atoms with Gasteiger partial charge in [-0.2, -0.15) is 17.5 Å². The highest BCUT2D eigenvalue weighted by molar-refractivity contribution is 7.89. The second-order valence-corrected chi connectivity index (χ2v) is 9.14. The molecule has 1 aromatic carbocycles. The minimum Gasteiger partial charge on any atom is -0.465 e. The van der Waals surface area contributed by atoms with Gasteiger partial charge in [0.1, 0.15) is 13.1 Å². The number of ether oxygens (including phenoxy) is 1. The molecule has 1 aromatic rings. The summed E-state index contributed by atoms with van der Waals surface area (Å²) >= 11 is 5.78. The fraction of sp³-hybridized carbons (Fsp3) is 0.556. The molecule has 1 aliphatic heterocycles. The fourth-order valence-corrected chi connectivity index (χ4v) is 4.82. The van der Waals surface area contributed by atoms with Crippen LogP contribution in [0.4, 0.5) is 13.2 Å². The van der Waals surface area contributed by atoms with Crippen LogP contribution in [0.5, 0.6) is 0 Å². The lowest BCUT2D eigenvalue weighted by molar-refractivity contribution is -0.169. The van der Waals surface area contributed by atoms with Gasteiger partial charge in [-0.15, -0.1) is 0 Å². The Morgan fingerprint density at radius 1 is 1.27 bits per heavy atom. The molecule has 1 saturated heterocycles. The summed E-state index contributed by atoms with van der Waals surface area (Å²) in [5.74, 6) is -2.90. The number of carbonyl (C=O) groups excluding carboxylic acids is 2. The summed E-state index contributed by atoms with van der Waals surface area (Å²) in [5.41, 5.74) is 0. The Balaban J connectivity index is 2.18. The van der Waals surface area contributed by atoms with Crippen LogP contribution in [0.25, 0.3) is 0 Å². The highest BCUT2D eigenvalue weighted by atomic mass is 35.5. The van der Waals surface area contributed by atoms with Crippen LogP contribution in [0.15, 0.2) is 29.2 Å². The average Bonchev–Trinajstić information content (AvgIpc) is 2.66. The fourth-order valence-electron chi connectivity index (χ4n) is 3.17. The van der Waals surface area contributed by atoms with E-state index in [2.05, 4.69) is 4.74 Å². The number of nitrogens with zero attached hydrogens (tertiary/aromatic N) is 2. The predicted octanol–water partition coefficient (Wildman–Crippen LogP) is 2.69. The Morgan fingerprint density at radius 2 is 1.90 bits per heavy atom. The van der Waals surface area contributed by atoms with E-state index in [-0.39, 0.29) is 31.0 Å². The summed E-state index contributed by atoms with van der Waals surface area (Å²) in [6.45, 7) is -1.16. The first-order valence-electron chi connectivity index (χ1n) is 9.21. The zero-order valence-corrected chi connectivity index (χ0v) is 17.8. The van der Waals surface area contributed by atoms with Crippen LogP contribution in [0.2, 0.25) is 5.02 Å². The molecule has 1 fully saturated rings. The highest BCUT2D eigenvalue weighted by Gasteiger charge is 2.39. The zero-order chi connectivity index (χ0) is 22.5. The van der Waals surface area contributed by atoms with Crippen molar-refractivity contribution in [1.29, 1.82) is 0 Å². The monoisotopic (exact) mass is 470 g/mol. The van der Waals surface area contributed by atoms with Crippen LogP contribution in [0, 0.1) is 5.92 Å². The Kier molecular flexibility index (Phi) is 8.12. The van der Waals surface area contributed by atoms with Crippen molar-refractivity contribution in [1.82, 2.24) is 9.21 Å². The number of benzene rings is 1. The van der Waals surface area contributed by atoms with Gasteiger partial charge >= 0.3 is 12.1 Å². The number of piperidine rings is 1. The maximum Gasteiger partial charge on any atom is 0.406 e. The molecule has 2 rings (SSSR count). The third kappa shape index (κ3) is 6.58. The minimum absolute atomic E-state index is 0.0290. The molecule has 1 atom stereocenters. The first-order chi connectivity index (χ1) is 13.9. The van der Waals surface area contributed by atoms with Crippen LogP contribution >= 0.6 is 11.6 Å². The molecule has 1 amide bonds. The lowest BCUT2D eigenvalue weighted by Gasteiger charge is -2.34. The molecule has 168 valence electrons. The molecular formula is C18H22ClF3N2O5S. The molecule has 0 radical (unpaired) electrons. The van der Waals surface area contributed by atoms with Crippen molar-refractivity contribution in [3.05, 3.63) is 29.3 Å². The largest absolute Gasteiger partial charge is 0.465 e. The van der Waals surface area contributed by atoms with Crippen LogP contribution < -0.4 is 0 Å². The molecule has 0 bridgehead atoms. The van der Waals surface area contributed by atoms with Crippen molar-refractivity contribution >= 4 is 33.5 Å². The van der Waals surface area contributed by atoms with Gasteiger partial charge in [0.2, 0.25) is 15.9 Å². The van der Waals surface area contributed by atoms with Crippen LogP contribution in [0.3, 0.4) is 0 Å². The normalized spacial score (nSPS) is 18.1. The van der Waals surface area contributed by atoms with Crippen molar-refractivity contribution in [2.75, 3.05) is 32.8 Å². The second-order valence-electron chi connectivity index (χ2n) is 6.77. The van der Waals surface area contributed by atoms with E-state index >= 15 is 0 Å². The molecule has 0 spiro atoms. The van der Waals surface area contributed by atoms with Crippen molar-refractivity contribution in [2.24, 2.45) is 5.92 Å². The molecular weight excluding hydrogens is 449 g/mol. The van der Waals surface area contributed by atoms with Crippen LogP contribution in [-0.4, -0.2) is 68.5 Å². The van der Waals surface area contributed by atoms with Crippen LogP contribution in [0.1, 0.15) is 19.8 Å². The third-order valence-electron chi connectivity index (χ3n) is 4.49. The number of esters is 1. The minimum atomic E-state index is -4.72. The molecule has 30 heavy (non-hydrogen) atoms. The van der Waals surface area contributed by atoms with Crippen molar-refractivity contribution < 1.29 is 35.9 Å². The number of amides is 1. The van der Waals surface area contributed by atoms with E-state index in [4.69, 9.17) is 11.6 Å². The van der Waals surface area contributed by atoms with Gasteiger partial charge in [-0.05, 0) is 44.0 Å². The molecule has 12 heteroatoms. The molecule has 0 N–H and O–H groups in total. The summed E-state index contributed by atoms with van der Waals surface area (Å²) in [5, 5.41) is 0.349. The number of hydrogen-bond donors (Lipinski definition) is 0. The van der Waals surface area contributed by atoms with Gasteiger partial charge in [0.25, 0.3) is 0 Å². The van der Waals surface area contributed by atoms with Gasteiger partial charge in [-0.1, -0.05) is 11.6 Å². The second kappa shape index (κ2) is 9.97. The smallest absolute Gasteiger partial charge is 0.406 e. The number of sulfonamides is 1. The lowest BCUT2D eigenvalue weighted by atomic mass is 9.98. The van der Waals surface area contributed by atoms with Crippen molar-refractivity contribution in [3.63, 3.8) is 0 Å². The molecule has 1 aliphatic rings. The van der Waals surface area contributed by atoms with Gasteiger partial charge in [0.05, 0.1) is 17.4 Å². The van der Waals surface area contributed by atoms with E-state index in [0.29, 0.717) is 16.3 Å². The zero-order valence-electron chi connectivity index (χ0n) is 16.2. The summed E-state index contributed by atoms with van der Waals surface area (Å²) < 4.78 is 70.2. The van der Waals surface area contributed by atoms with Crippen molar-refractivity contribution in [3.8, 4) is 0 Å². The number of rotatable bonds is 7. The molecule has 0 aliphatic carbocycles. The predicted molar refractivity (Wildman–Crippen MR) is 102 cm³/mol. The Morgan fingerprint density at radius 3 is 2.47 bits per heavy atom. The van der Waals surface area contributed by atoms with Gasteiger partial charge in [-0.3, -0.25) is 9.59 Å². The van der Waals surface area contributed by atoms with E-state index in [9.17, 15) is 31.2 Å². The first kappa shape index (κ1) is 24.4. The molecule has 0 saturated carbocycles. The van der Waals surface area contributed by atoms with E-state index < -0.39 is 47.1 Å². The Hall–Kier alpha value is -1.85. The Bertz CT molecular complexity index is 862. The maximum atomic E-state index is 12.9. The summed E-state index contributed by atoms with van der Waals surface area (Å²) in [6.07, 6.45) is -4.21. The maximum absolute atomic E-state index is 12.9. The molecule has 1 unspecified atom stereocenters. The standard InChI is InChI=1S/C18H22ClF3N2O5S/c1-2-29-16(25)11-23(12-18(20,21)22)17(26)13-4-3-9-24(10-13)30(27,28)15-7-5-14(19)6-8-15/h5-8,13H,2-4,9-12H2,1H3. The summed E-state index contributed by atoms with van der Waals surface area (Å²) in [7, 11) is -3.95. The number of carbonyl (C=O) groups is 2. The lowest BCUT2D eigenvalue weighted by Crippen LogP contribution is -2.50.